The molecule has 0 unspecified atom stereocenters. The molecule has 3 rings (SSSR count). The first-order chi connectivity index (χ1) is 15.4. The summed E-state index contributed by atoms with van der Waals surface area (Å²) in [6.07, 6.45) is 0. The van der Waals surface area contributed by atoms with Crippen LogP contribution in [0.5, 0.6) is 0 Å². The highest BCUT2D eigenvalue weighted by molar-refractivity contribution is 7.99. The quantitative estimate of drug-likeness (QED) is 0.260. The largest absolute Gasteiger partial charge is 0.396 e. The number of halogens is 2. The first-order valence-corrected chi connectivity index (χ1v) is 11.5. The Morgan fingerprint density at radius 3 is 2.44 bits per heavy atom. The summed E-state index contributed by atoms with van der Waals surface area (Å²) in [4.78, 5) is 28.7. The number of carbonyl (C=O) groups is 2. The van der Waals surface area contributed by atoms with Crippen LogP contribution >= 0.6 is 23.1 Å². The van der Waals surface area contributed by atoms with E-state index in [2.05, 4.69) is 15.6 Å². The predicted octanol–water partition coefficient (Wildman–Crippen LogP) is 3.43. The van der Waals surface area contributed by atoms with Gasteiger partial charge in [-0.25, -0.2) is 13.8 Å². The van der Waals surface area contributed by atoms with Gasteiger partial charge in [-0.05, 0) is 36.4 Å². The van der Waals surface area contributed by atoms with E-state index >= 15 is 0 Å². The van der Waals surface area contributed by atoms with E-state index in [0.717, 1.165) is 23.5 Å². The lowest BCUT2D eigenvalue weighted by atomic mass is 10.1. The number of anilines is 3. The van der Waals surface area contributed by atoms with Crippen LogP contribution in [0, 0.1) is 11.6 Å². The summed E-state index contributed by atoms with van der Waals surface area (Å²) in [6, 6.07) is 9.73. The third-order valence-electron chi connectivity index (χ3n) is 4.22. The van der Waals surface area contributed by atoms with E-state index in [9.17, 15) is 18.4 Å². The third kappa shape index (κ3) is 5.81. The smallest absolute Gasteiger partial charge is 0.251 e. The van der Waals surface area contributed by atoms with Gasteiger partial charge in [0.05, 0.1) is 12.2 Å². The fourth-order valence-electron chi connectivity index (χ4n) is 2.71. The number of benzene rings is 2. The normalized spacial score (nSPS) is 10.7. The van der Waals surface area contributed by atoms with Crippen molar-refractivity contribution in [1.29, 1.82) is 0 Å². The number of nitrogens with two attached hydrogens (primary N) is 1. The van der Waals surface area contributed by atoms with Crippen LogP contribution in [0.1, 0.15) is 25.6 Å². The lowest BCUT2D eigenvalue weighted by Crippen LogP contribution is -2.25. The summed E-state index contributed by atoms with van der Waals surface area (Å²) in [6.45, 7) is 0.592. The van der Waals surface area contributed by atoms with E-state index in [-0.39, 0.29) is 28.3 Å². The molecular formula is C21H20F2N4O3S2. The standard InChI is InChI=1S/C21H20F2N4O3S2/c22-14-2-1-3-15(23)16(14)17(29)18-19(24)27-21(32-18)26-13-6-4-12(5-7-13)20(30)25-8-10-31-11-9-28/h1-7,28H,8-11,24H2,(H,25,30)(H,26,27). The summed E-state index contributed by atoms with van der Waals surface area (Å²) >= 11 is 2.42. The summed E-state index contributed by atoms with van der Waals surface area (Å²) in [5, 5.41) is 14.7. The molecule has 11 heteroatoms. The minimum atomic E-state index is -0.974. The van der Waals surface area contributed by atoms with E-state index in [1.807, 2.05) is 0 Å². The van der Waals surface area contributed by atoms with Crippen molar-refractivity contribution in [2.24, 2.45) is 0 Å². The zero-order valence-electron chi connectivity index (χ0n) is 16.7. The number of aromatic nitrogens is 1. The Bertz CT molecular complexity index is 1090. The van der Waals surface area contributed by atoms with Gasteiger partial charge in [-0.3, -0.25) is 9.59 Å². The second-order valence-corrected chi connectivity index (χ2v) is 8.68. The molecule has 7 nitrogen and oxygen atoms in total. The van der Waals surface area contributed by atoms with Crippen molar-refractivity contribution in [3.05, 3.63) is 70.1 Å². The maximum atomic E-state index is 13.9. The Hall–Kier alpha value is -3.02. The van der Waals surface area contributed by atoms with Crippen LogP contribution in [0.15, 0.2) is 42.5 Å². The van der Waals surface area contributed by atoms with Crippen molar-refractivity contribution in [1.82, 2.24) is 10.3 Å². The fourth-order valence-corrected chi connectivity index (χ4v) is 4.14. The van der Waals surface area contributed by atoms with Gasteiger partial charge in [-0.2, -0.15) is 11.8 Å². The monoisotopic (exact) mass is 478 g/mol. The molecule has 2 aromatic carbocycles. The molecule has 0 spiro atoms. The van der Waals surface area contributed by atoms with Crippen molar-refractivity contribution in [3.8, 4) is 0 Å². The van der Waals surface area contributed by atoms with Crippen LogP contribution in [-0.4, -0.2) is 46.4 Å². The Kier molecular flexibility index (Phi) is 8.14. The number of thiazole rings is 1. The van der Waals surface area contributed by atoms with Crippen molar-refractivity contribution in [3.63, 3.8) is 0 Å². The fraction of sp³-hybridized carbons (Fsp3) is 0.190. The number of carbonyl (C=O) groups excluding carboxylic acids is 2. The number of hydrogen-bond acceptors (Lipinski definition) is 8. The molecule has 32 heavy (non-hydrogen) atoms. The number of nitrogen functional groups attached to an aromatic ring is 1. The van der Waals surface area contributed by atoms with Crippen LogP contribution in [0.2, 0.25) is 0 Å². The van der Waals surface area contributed by atoms with Gasteiger partial charge < -0.3 is 21.5 Å². The van der Waals surface area contributed by atoms with Gasteiger partial charge in [0.15, 0.2) is 5.13 Å². The molecule has 0 aliphatic carbocycles. The molecule has 168 valence electrons. The number of rotatable bonds is 10. The second kappa shape index (κ2) is 11.0. The topological polar surface area (TPSA) is 117 Å². The predicted molar refractivity (Wildman–Crippen MR) is 123 cm³/mol. The number of nitrogens with one attached hydrogen (secondary N) is 2. The first kappa shape index (κ1) is 23.6. The molecule has 1 heterocycles. The minimum Gasteiger partial charge on any atom is -0.396 e. The summed E-state index contributed by atoms with van der Waals surface area (Å²) in [5.74, 6) is -1.86. The first-order valence-electron chi connectivity index (χ1n) is 9.49. The number of hydrogen-bond donors (Lipinski definition) is 4. The number of nitrogens with zero attached hydrogens (tertiary/aromatic N) is 1. The van der Waals surface area contributed by atoms with Crippen LogP contribution in [0.4, 0.5) is 25.4 Å². The van der Waals surface area contributed by atoms with E-state index in [4.69, 9.17) is 10.8 Å². The molecule has 0 bridgehead atoms. The highest BCUT2D eigenvalue weighted by Crippen LogP contribution is 2.31. The molecule has 0 aliphatic rings. The van der Waals surface area contributed by atoms with Gasteiger partial charge in [0.2, 0.25) is 5.78 Å². The maximum absolute atomic E-state index is 13.9. The minimum absolute atomic E-state index is 0.0773. The number of thioether (sulfide) groups is 1. The van der Waals surface area contributed by atoms with Crippen molar-refractivity contribution < 1.29 is 23.5 Å². The molecular weight excluding hydrogens is 458 g/mol. The van der Waals surface area contributed by atoms with Gasteiger partial charge in [0, 0.05) is 29.3 Å². The average molecular weight is 479 g/mol. The molecule has 5 N–H and O–H groups in total. The molecule has 0 saturated heterocycles. The second-order valence-electron chi connectivity index (χ2n) is 6.45. The number of aliphatic hydroxyl groups is 1. The zero-order valence-corrected chi connectivity index (χ0v) is 18.4. The average Bonchev–Trinajstić information content (AvgIpc) is 3.13. The Morgan fingerprint density at radius 1 is 1.09 bits per heavy atom. The lowest BCUT2D eigenvalue weighted by molar-refractivity contribution is 0.0955. The van der Waals surface area contributed by atoms with Gasteiger partial charge in [0.25, 0.3) is 5.91 Å². The van der Waals surface area contributed by atoms with Crippen molar-refractivity contribution in [2.75, 3.05) is 35.7 Å². The van der Waals surface area contributed by atoms with Gasteiger partial charge in [-0.15, -0.1) is 0 Å². The highest BCUT2D eigenvalue weighted by Gasteiger charge is 2.24. The lowest BCUT2D eigenvalue weighted by Gasteiger charge is -2.06. The van der Waals surface area contributed by atoms with Crippen LogP contribution in [0.25, 0.3) is 0 Å². The van der Waals surface area contributed by atoms with Crippen molar-refractivity contribution >= 4 is 51.4 Å². The molecule has 3 aromatic rings. The summed E-state index contributed by atoms with van der Waals surface area (Å²) in [7, 11) is 0. The summed E-state index contributed by atoms with van der Waals surface area (Å²) in [5.41, 5.74) is 6.17. The van der Waals surface area contributed by atoms with E-state index < -0.39 is 23.0 Å². The molecule has 0 radical (unpaired) electrons. The number of aliphatic hydroxyl groups excluding tert-OH is 1. The molecule has 1 amide bonds. The summed E-state index contributed by atoms with van der Waals surface area (Å²) < 4.78 is 27.9. The Labute approximate surface area is 191 Å². The molecule has 0 saturated carbocycles. The Morgan fingerprint density at radius 2 is 1.78 bits per heavy atom. The maximum Gasteiger partial charge on any atom is 0.251 e. The van der Waals surface area contributed by atoms with E-state index in [1.165, 1.54) is 6.07 Å². The number of amides is 1. The molecule has 0 atom stereocenters. The van der Waals surface area contributed by atoms with Gasteiger partial charge in [0.1, 0.15) is 22.3 Å². The molecule has 1 aromatic heterocycles. The number of ketones is 1. The van der Waals surface area contributed by atoms with Crippen LogP contribution in [-0.2, 0) is 0 Å². The molecule has 0 aliphatic heterocycles. The van der Waals surface area contributed by atoms with Crippen LogP contribution < -0.4 is 16.4 Å². The third-order valence-corrected chi connectivity index (χ3v) is 6.16. The van der Waals surface area contributed by atoms with Gasteiger partial charge >= 0.3 is 0 Å². The SMILES string of the molecule is Nc1nc(Nc2ccc(C(=O)NCCSCCO)cc2)sc1C(=O)c1c(F)cccc1F. The van der Waals surface area contributed by atoms with E-state index in [0.29, 0.717) is 29.3 Å². The van der Waals surface area contributed by atoms with E-state index in [1.54, 1.807) is 36.0 Å². The van der Waals surface area contributed by atoms with Crippen molar-refractivity contribution in [2.45, 2.75) is 0 Å². The van der Waals surface area contributed by atoms with Gasteiger partial charge in [-0.1, -0.05) is 17.4 Å². The van der Waals surface area contributed by atoms with Crippen LogP contribution in [0.3, 0.4) is 0 Å². The zero-order chi connectivity index (χ0) is 23.1. The highest BCUT2D eigenvalue weighted by atomic mass is 32.2. The molecule has 0 fully saturated rings. The Balaban J connectivity index is 1.65.